The van der Waals surface area contributed by atoms with E-state index in [1.54, 1.807) is 7.11 Å². The van der Waals surface area contributed by atoms with Crippen molar-refractivity contribution in [3.8, 4) is 5.75 Å². The lowest BCUT2D eigenvalue weighted by Gasteiger charge is -2.29. The second kappa shape index (κ2) is 12.4. The van der Waals surface area contributed by atoms with Gasteiger partial charge >= 0.3 is 0 Å². The smallest absolute Gasteiger partial charge is 0.191 e. The topological polar surface area (TPSA) is 79.6 Å². The summed E-state index contributed by atoms with van der Waals surface area (Å²) in [5.74, 6) is 3.78. The minimum absolute atomic E-state index is 0. The van der Waals surface area contributed by atoms with Gasteiger partial charge in [-0.15, -0.1) is 34.2 Å². The minimum Gasteiger partial charge on any atom is -0.497 e. The minimum atomic E-state index is 0. The highest BCUT2D eigenvalue weighted by atomic mass is 127. The number of halogens is 1. The molecule has 0 aliphatic carbocycles. The number of aryl methyl sites for hydroxylation is 1. The van der Waals surface area contributed by atoms with Crippen molar-refractivity contribution in [3.05, 3.63) is 41.5 Å². The van der Waals surface area contributed by atoms with E-state index in [0.29, 0.717) is 12.6 Å². The summed E-state index contributed by atoms with van der Waals surface area (Å²) < 4.78 is 7.58. The summed E-state index contributed by atoms with van der Waals surface area (Å²) in [4.78, 5) is 7.38. The lowest BCUT2D eigenvalue weighted by molar-refractivity contribution is 0.245. The number of hydrogen-bond acceptors (Lipinski definition) is 5. The largest absolute Gasteiger partial charge is 0.497 e. The molecular weight excluding hydrogens is 517 g/mol. The van der Waals surface area contributed by atoms with Crippen LogP contribution in [-0.4, -0.2) is 58.9 Å². The normalized spacial score (nSPS) is 17.4. The summed E-state index contributed by atoms with van der Waals surface area (Å²) in [7, 11) is 1.71. The van der Waals surface area contributed by atoms with Gasteiger partial charge in [-0.1, -0.05) is 12.1 Å². The van der Waals surface area contributed by atoms with E-state index in [2.05, 4.69) is 49.4 Å². The van der Waals surface area contributed by atoms with E-state index in [1.165, 1.54) is 31.2 Å². The zero-order chi connectivity index (χ0) is 21.5. The first-order chi connectivity index (χ1) is 15.3. The Labute approximate surface area is 208 Å². The number of benzene rings is 1. The highest BCUT2D eigenvalue weighted by Crippen LogP contribution is 2.26. The Morgan fingerprint density at radius 3 is 2.53 bits per heavy atom. The molecule has 2 aliphatic rings. The Kier molecular flexibility index (Phi) is 9.58. The zero-order valence-corrected chi connectivity index (χ0v) is 21.5. The molecule has 0 bridgehead atoms. The molecule has 8 nitrogen and oxygen atoms in total. The van der Waals surface area contributed by atoms with Crippen molar-refractivity contribution >= 4 is 29.9 Å². The van der Waals surface area contributed by atoms with Gasteiger partial charge in [-0.2, -0.15) is 0 Å². The molecule has 1 saturated heterocycles. The maximum Gasteiger partial charge on any atom is 0.191 e. The number of ether oxygens (including phenoxy) is 1. The maximum atomic E-state index is 5.34. The van der Waals surface area contributed by atoms with Crippen molar-refractivity contribution in [1.29, 1.82) is 0 Å². The van der Waals surface area contributed by atoms with Gasteiger partial charge in [0, 0.05) is 26.1 Å². The standard InChI is InChI=1S/C23H35N7O.HI/c1-3-24-23(26-17-22-28-27-21-8-4-5-15-30(21)22)25-16-20(29-13-6-7-14-29)18-9-11-19(31-2)12-10-18;/h9-12,20H,3-8,13-17H2,1-2H3,(H2,24,25,26);1H. The van der Waals surface area contributed by atoms with E-state index in [9.17, 15) is 0 Å². The third-order valence-electron chi connectivity index (χ3n) is 6.20. The van der Waals surface area contributed by atoms with Crippen molar-refractivity contribution < 1.29 is 4.74 Å². The molecule has 2 aromatic rings. The third-order valence-corrected chi connectivity index (χ3v) is 6.20. The number of rotatable bonds is 8. The molecule has 1 atom stereocenters. The zero-order valence-electron chi connectivity index (χ0n) is 19.2. The fourth-order valence-corrected chi connectivity index (χ4v) is 4.51. The summed E-state index contributed by atoms with van der Waals surface area (Å²) >= 11 is 0. The average molecular weight is 553 g/mol. The molecule has 2 N–H and O–H groups in total. The molecule has 1 aromatic heterocycles. The van der Waals surface area contributed by atoms with Crippen molar-refractivity contribution in [2.24, 2.45) is 4.99 Å². The lowest BCUT2D eigenvalue weighted by Crippen LogP contribution is -2.42. The van der Waals surface area contributed by atoms with E-state index < -0.39 is 0 Å². The maximum absolute atomic E-state index is 5.34. The molecule has 4 rings (SSSR count). The summed E-state index contributed by atoms with van der Waals surface area (Å²) in [5.41, 5.74) is 1.30. The van der Waals surface area contributed by atoms with Crippen LogP contribution in [0.5, 0.6) is 5.75 Å². The molecule has 1 fully saturated rings. The van der Waals surface area contributed by atoms with Gasteiger partial charge in [-0.25, -0.2) is 4.99 Å². The monoisotopic (exact) mass is 553 g/mol. The highest BCUT2D eigenvalue weighted by Gasteiger charge is 2.24. The molecule has 0 spiro atoms. The number of nitrogens with zero attached hydrogens (tertiary/aromatic N) is 5. The number of aliphatic imine (C=N–C) groups is 1. The number of methoxy groups -OCH3 is 1. The van der Waals surface area contributed by atoms with Crippen molar-refractivity contribution in [1.82, 2.24) is 30.3 Å². The molecule has 1 aromatic carbocycles. The van der Waals surface area contributed by atoms with Crippen LogP contribution < -0.4 is 15.4 Å². The molecule has 0 saturated carbocycles. The summed E-state index contributed by atoms with van der Waals surface area (Å²) in [5, 5.41) is 15.7. The Morgan fingerprint density at radius 1 is 1.06 bits per heavy atom. The highest BCUT2D eigenvalue weighted by molar-refractivity contribution is 14.0. The molecule has 2 aliphatic heterocycles. The number of likely N-dealkylation sites (tertiary alicyclic amines) is 1. The van der Waals surface area contributed by atoms with Gasteiger partial charge in [0.25, 0.3) is 0 Å². The van der Waals surface area contributed by atoms with Gasteiger partial charge in [0.1, 0.15) is 18.1 Å². The number of guanidine groups is 1. The fraction of sp³-hybridized carbons (Fsp3) is 0.609. The molecule has 0 radical (unpaired) electrons. The average Bonchev–Trinajstić information content (AvgIpc) is 3.48. The first kappa shape index (κ1) is 24.8. The van der Waals surface area contributed by atoms with Crippen molar-refractivity contribution in [2.75, 3.05) is 33.3 Å². The Balaban J connectivity index is 0.00000289. The predicted molar refractivity (Wildman–Crippen MR) is 138 cm³/mol. The Morgan fingerprint density at radius 2 is 1.81 bits per heavy atom. The van der Waals surface area contributed by atoms with E-state index >= 15 is 0 Å². The summed E-state index contributed by atoms with van der Waals surface area (Å²) in [6.45, 7) is 7.54. The third kappa shape index (κ3) is 6.12. The van der Waals surface area contributed by atoms with E-state index in [0.717, 1.165) is 62.5 Å². The molecular formula is C23H36IN7O. The molecule has 32 heavy (non-hydrogen) atoms. The number of nitrogens with one attached hydrogen (secondary N) is 2. The van der Waals surface area contributed by atoms with Gasteiger partial charge in [0.2, 0.25) is 0 Å². The molecule has 9 heteroatoms. The number of fused-ring (bicyclic) bond motifs is 1. The van der Waals surface area contributed by atoms with Crippen molar-refractivity contribution in [2.45, 2.75) is 58.2 Å². The van der Waals surface area contributed by atoms with Gasteiger partial charge in [0.15, 0.2) is 11.8 Å². The van der Waals surface area contributed by atoms with Crippen LogP contribution in [0.25, 0.3) is 0 Å². The number of aromatic nitrogens is 3. The van der Waals surface area contributed by atoms with E-state index in [1.807, 2.05) is 12.1 Å². The van der Waals surface area contributed by atoms with Crippen molar-refractivity contribution in [3.63, 3.8) is 0 Å². The van der Waals surface area contributed by atoms with Crippen LogP contribution in [0.4, 0.5) is 0 Å². The van der Waals surface area contributed by atoms with Crippen LogP contribution in [0.3, 0.4) is 0 Å². The quantitative estimate of drug-likeness (QED) is 0.297. The molecule has 0 amide bonds. The van der Waals surface area contributed by atoms with Gasteiger partial charge in [-0.3, -0.25) is 4.90 Å². The second-order valence-electron chi connectivity index (χ2n) is 8.25. The first-order valence-corrected chi connectivity index (χ1v) is 11.6. The Bertz CT molecular complexity index is 862. The molecule has 176 valence electrons. The first-order valence-electron chi connectivity index (χ1n) is 11.6. The lowest BCUT2D eigenvalue weighted by atomic mass is 10.1. The predicted octanol–water partition coefficient (Wildman–Crippen LogP) is 3.13. The second-order valence-corrected chi connectivity index (χ2v) is 8.25. The van der Waals surface area contributed by atoms with E-state index in [4.69, 9.17) is 9.73 Å². The van der Waals surface area contributed by atoms with Gasteiger partial charge in [-0.05, 0) is 63.4 Å². The summed E-state index contributed by atoms with van der Waals surface area (Å²) in [6, 6.07) is 8.75. The van der Waals surface area contributed by atoms with Gasteiger partial charge in [0.05, 0.1) is 13.2 Å². The molecule has 3 heterocycles. The fourth-order valence-electron chi connectivity index (χ4n) is 4.51. The Hall–Kier alpha value is -1.88. The van der Waals surface area contributed by atoms with Crippen LogP contribution in [0.1, 0.15) is 55.9 Å². The van der Waals surface area contributed by atoms with Crippen LogP contribution >= 0.6 is 24.0 Å². The van der Waals surface area contributed by atoms with Gasteiger partial charge < -0.3 is 19.9 Å². The van der Waals surface area contributed by atoms with Crippen LogP contribution in [0.15, 0.2) is 29.3 Å². The van der Waals surface area contributed by atoms with Crippen LogP contribution in [0.2, 0.25) is 0 Å². The van der Waals surface area contributed by atoms with E-state index in [-0.39, 0.29) is 24.0 Å². The van der Waals surface area contributed by atoms with Crippen LogP contribution in [0, 0.1) is 0 Å². The molecule has 1 unspecified atom stereocenters. The van der Waals surface area contributed by atoms with Crippen LogP contribution in [-0.2, 0) is 19.5 Å². The number of hydrogen-bond donors (Lipinski definition) is 2. The summed E-state index contributed by atoms with van der Waals surface area (Å²) in [6.07, 6.45) is 5.94. The SMILES string of the molecule is CCNC(=NCc1nnc2n1CCCC2)NCC(c1ccc(OC)cc1)N1CCCC1.I.